The van der Waals surface area contributed by atoms with E-state index in [1.54, 1.807) is 23.6 Å². The molecule has 1 amide bonds. The Morgan fingerprint density at radius 1 is 1.21 bits per heavy atom. The lowest BCUT2D eigenvalue weighted by Crippen LogP contribution is -2.24. The van der Waals surface area contributed by atoms with Crippen LogP contribution >= 0.6 is 0 Å². The molecule has 0 fully saturated rings. The number of nitrogens with one attached hydrogen (secondary N) is 1. The lowest BCUT2D eigenvalue weighted by atomic mass is 10.1. The first-order valence-corrected chi connectivity index (χ1v) is 11.2. The number of aliphatic hydroxyl groups excluding tert-OH is 1. The quantitative estimate of drug-likeness (QED) is 0.515. The minimum Gasteiger partial charge on any atom is -0.449 e. The van der Waals surface area contributed by atoms with Crippen LogP contribution in [-0.4, -0.2) is 40.5 Å². The monoisotopic (exact) mass is 487 g/mol. The minimum absolute atomic E-state index is 0.125. The second-order valence-corrected chi connectivity index (χ2v) is 8.53. The first kappa shape index (κ1) is 23.3. The van der Waals surface area contributed by atoms with Gasteiger partial charge in [0.25, 0.3) is 5.91 Å². The molecule has 1 atom stereocenters. The van der Waals surface area contributed by atoms with Crippen molar-refractivity contribution in [3.8, 4) is 22.7 Å². The summed E-state index contributed by atoms with van der Waals surface area (Å²) < 4.78 is 57.0. The van der Waals surface area contributed by atoms with E-state index in [9.17, 15) is 27.1 Å². The van der Waals surface area contributed by atoms with E-state index in [4.69, 9.17) is 4.42 Å². The Hall–Kier alpha value is -3.83. The summed E-state index contributed by atoms with van der Waals surface area (Å²) in [4.78, 5) is 16.9. The molecule has 8 nitrogen and oxygen atoms in total. The summed E-state index contributed by atoms with van der Waals surface area (Å²) in [6.07, 6.45) is 3.43. The van der Waals surface area contributed by atoms with Crippen molar-refractivity contribution >= 4 is 21.1 Å². The van der Waals surface area contributed by atoms with Crippen LogP contribution in [0.25, 0.3) is 22.7 Å². The van der Waals surface area contributed by atoms with Crippen LogP contribution in [-0.2, 0) is 10.3 Å². The Morgan fingerprint density at radius 3 is 2.59 bits per heavy atom. The third kappa shape index (κ3) is 4.61. The number of allylic oxidation sites excluding steroid dienone is 3. The number of aliphatic hydroxyl groups is 1. The van der Waals surface area contributed by atoms with Gasteiger partial charge < -0.3 is 19.4 Å². The first-order chi connectivity index (χ1) is 16.3. The van der Waals surface area contributed by atoms with E-state index in [0.717, 1.165) is 6.08 Å². The summed E-state index contributed by atoms with van der Waals surface area (Å²) in [5.74, 6) is -1.81. The molecule has 2 aromatic heterocycles. The highest BCUT2D eigenvalue weighted by atomic mass is 32.2. The molecule has 0 bridgehead atoms. The Morgan fingerprint density at radius 2 is 1.94 bits per heavy atom. The van der Waals surface area contributed by atoms with Gasteiger partial charge in [-0.2, -0.15) is 8.42 Å². The van der Waals surface area contributed by atoms with Crippen molar-refractivity contribution in [2.24, 2.45) is 0 Å². The summed E-state index contributed by atoms with van der Waals surface area (Å²) in [6, 6.07) is 8.25. The van der Waals surface area contributed by atoms with Gasteiger partial charge in [-0.05, 0) is 55.5 Å². The lowest BCUT2D eigenvalue weighted by molar-refractivity contribution is 0.0939. The Bertz CT molecular complexity index is 1440. The van der Waals surface area contributed by atoms with Gasteiger partial charge in [-0.25, -0.2) is 13.8 Å². The highest BCUT2D eigenvalue weighted by Crippen LogP contribution is 2.34. The standard InChI is InChI=1S/C23H19F2N3O5S/c1-13(11-29)28-12-26-21(14-2-4-15(24)5-3-14)22(28)19-8-9-20(33-19)23(30)27-18-7-6-16(34(31)32)10-17(18)25/h2-9,12-13,29H,10-11H2,1H3,(H,27,30). The molecule has 0 aliphatic heterocycles. The number of imidazole rings is 1. The summed E-state index contributed by atoms with van der Waals surface area (Å²) in [5, 5.41) is 12.0. The molecule has 0 radical (unpaired) electrons. The van der Waals surface area contributed by atoms with Crippen molar-refractivity contribution in [3.05, 3.63) is 78.0 Å². The molecule has 1 unspecified atom stereocenters. The van der Waals surface area contributed by atoms with Gasteiger partial charge in [-0.1, -0.05) is 0 Å². The van der Waals surface area contributed by atoms with Crippen LogP contribution in [0.15, 0.2) is 70.8 Å². The topological polar surface area (TPSA) is 114 Å². The number of furan rings is 1. The van der Waals surface area contributed by atoms with Gasteiger partial charge >= 0.3 is 0 Å². The number of amides is 1. The average Bonchev–Trinajstić information content (AvgIpc) is 3.47. The number of hydrogen-bond donors (Lipinski definition) is 2. The van der Waals surface area contributed by atoms with Crippen LogP contribution < -0.4 is 5.32 Å². The van der Waals surface area contributed by atoms with Crippen molar-refractivity contribution in [1.82, 2.24) is 14.9 Å². The SMILES string of the molecule is CC(CO)n1cnc(-c2ccc(F)cc2)c1-c1ccc(C(=O)NC2=C(F)CC(=S(=O)=O)C=C2)o1. The number of carbonyl (C=O) groups is 1. The number of aromatic nitrogens is 2. The fourth-order valence-corrected chi connectivity index (χ4v) is 3.84. The third-order valence-electron chi connectivity index (χ3n) is 5.23. The second-order valence-electron chi connectivity index (χ2n) is 7.54. The highest BCUT2D eigenvalue weighted by molar-refractivity contribution is 7.73. The van der Waals surface area contributed by atoms with Crippen molar-refractivity contribution in [2.75, 3.05) is 6.61 Å². The summed E-state index contributed by atoms with van der Waals surface area (Å²) >= 11 is 0. The van der Waals surface area contributed by atoms with Crippen LogP contribution in [0.1, 0.15) is 29.9 Å². The molecule has 2 heterocycles. The first-order valence-electron chi connectivity index (χ1n) is 10.2. The van der Waals surface area contributed by atoms with E-state index in [0.29, 0.717) is 17.0 Å². The smallest absolute Gasteiger partial charge is 0.291 e. The number of halogens is 2. The van der Waals surface area contributed by atoms with Crippen LogP contribution in [0.2, 0.25) is 0 Å². The number of hydrogen-bond acceptors (Lipinski definition) is 6. The van der Waals surface area contributed by atoms with Gasteiger partial charge in [0.15, 0.2) is 11.5 Å². The van der Waals surface area contributed by atoms with Gasteiger partial charge in [-0.15, -0.1) is 0 Å². The molecule has 1 aliphatic rings. The summed E-state index contributed by atoms with van der Waals surface area (Å²) in [7, 11) is -2.55. The largest absolute Gasteiger partial charge is 0.449 e. The van der Waals surface area contributed by atoms with Gasteiger partial charge in [-0.3, -0.25) is 4.79 Å². The third-order valence-corrected chi connectivity index (χ3v) is 5.94. The molecular weight excluding hydrogens is 468 g/mol. The molecule has 0 saturated heterocycles. The molecule has 0 spiro atoms. The van der Waals surface area contributed by atoms with E-state index in [1.165, 1.54) is 36.7 Å². The fourth-order valence-electron chi connectivity index (χ4n) is 3.42. The zero-order chi connectivity index (χ0) is 24.4. The van der Waals surface area contributed by atoms with E-state index >= 15 is 0 Å². The maximum atomic E-state index is 14.2. The maximum absolute atomic E-state index is 14.2. The molecule has 1 aliphatic carbocycles. The van der Waals surface area contributed by atoms with E-state index in [2.05, 4.69) is 10.3 Å². The van der Waals surface area contributed by atoms with Crippen molar-refractivity contribution in [3.63, 3.8) is 0 Å². The Kier molecular flexibility index (Phi) is 6.57. The Labute approximate surface area is 194 Å². The normalized spacial score (nSPS) is 14.4. The zero-order valence-corrected chi connectivity index (χ0v) is 18.6. The summed E-state index contributed by atoms with van der Waals surface area (Å²) in [6.45, 7) is 1.58. The number of rotatable bonds is 6. The van der Waals surface area contributed by atoms with Gasteiger partial charge in [0.05, 0.1) is 35.2 Å². The van der Waals surface area contributed by atoms with Gasteiger partial charge in [0.1, 0.15) is 17.3 Å². The van der Waals surface area contributed by atoms with Crippen LogP contribution in [0.5, 0.6) is 0 Å². The Balaban J connectivity index is 1.66. The molecule has 11 heteroatoms. The van der Waals surface area contributed by atoms with Gasteiger partial charge in [0.2, 0.25) is 10.3 Å². The van der Waals surface area contributed by atoms with Crippen molar-refractivity contribution in [2.45, 2.75) is 19.4 Å². The van der Waals surface area contributed by atoms with Gasteiger partial charge in [0, 0.05) is 12.0 Å². The molecule has 3 aromatic rings. The molecular formula is C23H19F2N3O5S. The highest BCUT2D eigenvalue weighted by Gasteiger charge is 2.23. The molecule has 0 saturated carbocycles. The predicted molar refractivity (Wildman–Crippen MR) is 120 cm³/mol. The predicted octanol–water partition coefficient (Wildman–Crippen LogP) is 3.42. The number of nitrogens with zero attached hydrogens (tertiary/aromatic N) is 2. The molecule has 176 valence electrons. The second kappa shape index (κ2) is 9.57. The van der Waals surface area contributed by atoms with E-state index < -0.39 is 34.3 Å². The van der Waals surface area contributed by atoms with Crippen molar-refractivity contribution < 1.29 is 31.5 Å². The minimum atomic E-state index is -2.55. The van der Waals surface area contributed by atoms with Crippen molar-refractivity contribution in [1.29, 1.82) is 0 Å². The molecule has 1 aromatic carbocycles. The van der Waals surface area contributed by atoms with E-state index in [-0.39, 0.29) is 34.7 Å². The van der Waals surface area contributed by atoms with Crippen LogP contribution in [0, 0.1) is 5.82 Å². The summed E-state index contributed by atoms with van der Waals surface area (Å²) in [5.41, 5.74) is 1.36. The lowest BCUT2D eigenvalue weighted by Gasteiger charge is -2.14. The molecule has 4 rings (SSSR count). The van der Waals surface area contributed by atoms with Crippen LogP contribution in [0.4, 0.5) is 8.78 Å². The zero-order valence-electron chi connectivity index (χ0n) is 17.8. The molecule has 34 heavy (non-hydrogen) atoms. The maximum Gasteiger partial charge on any atom is 0.291 e. The number of carbonyl (C=O) groups excluding carboxylic acids is 1. The average molecular weight is 487 g/mol. The van der Waals surface area contributed by atoms with E-state index in [1.807, 2.05) is 0 Å². The molecule has 2 N–H and O–H groups in total. The fraction of sp³-hybridized carbons (Fsp3) is 0.174. The number of benzene rings is 1. The van der Waals surface area contributed by atoms with Crippen LogP contribution in [0.3, 0.4) is 0 Å².